The van der Waals surface area contributed by atoms with E-state index in [-0.39, 0.29) is 0 Å². The van der Waals surface area contributed by atoms with E-state index >= 15 is 0 Å². The van der Waals surface area contributed by atoms with E-state index < -0.39 is 0 Å². The fourth-order valence-electron chi connectivity index (χ4n) is 2.51. The Morgan fingerprint density at radius 2 is 1.85 bits per heavy atom. The van der Waals surface area contributed by atoms with E-state index in [0.717, 1.165) is 24.4 Å². The van der Waals surface area contributed by atoms with Gasteiger partial charge in [0.15, 0.2) is 0 Å². The Bertz CT molecular complexity index is 533. The minimum absolute atomic E-state index is 0.387. The predicted octanol–water partition coefficient (Wildman–Crippen LogP) is 4.93. The number of halogens is 1. The van der Waals surface area contributed by atoms with Gasteiger partial charge in [0.1, 0.15) is 0 Å². The Hall–Kier alpha value is -1.31. The molecule has 0 amide bonds. The minimum atomic E-state index is 0.387. The predicted molar refractivity (Wildman–Crippen MR) is 87.4 cm³/mol. The topological polar surface area (TPSA) is 12.0 Å². The lowest BCUT2D eigenvalue weighted by Gasteiger charge is -2.18. The van der Waals surface area contributed by atoms with E-state index in [2.05, 4.69) is 55.6 Å². The Labute approximate surface area is 127 Å². The van der Waals surface area contributed by atoms with Crippen molar-refractivity contribution in [1.82, 2.24) is 5.32 Å². The highest BCUT2D eigenvalue weighted by Gasteiger charge is 2.10. The van der Waals surface area contributed by atoms with E-state index in [4.69, 9.17) is 11.6 Å². The molecule has 2 heteroatoms. The molecule has 0 aliphatic rings. The van der Waals surface area contributed by atoms with Crippen LogP contribution >= 0.6 is 11.6 Å². The summed E-state index contributed by atoms with van der Waals surface area (Å²) in [5.41, 5.74) is 4.04. The molecule has 0 saturated heterocycles. The summed E-state index contributed by atoms with van der Waals surface area (Å²) in [4.78, 5) is 0. The first-order valence-corrected chi connectivity index (χ1v) is 7.61. The van der Waals surface area contributed by atoms with Crippen LogP contribution < -0.4 is 5.32 Å². The highest BCUT2D eigenvalue weighted by Crippen LogP contribution is 2.21. The molecule has 1 unspecified atom stereocenters. The lowest BCUT2D eigenvalue weighted by molar-refractivity contribution is 0.515. The second kappa shape index (κ2) is 7.47. The summed E-state index contributed by atoms with van der Waals surface area (Å²) in [6.07, 6.45) is 2.18. The SMILES string of the molecule is CCNC(CCc1cccc(C)c1)c1ccc(Cl)cc1. The molecule has 1 N–H and O–H groups in total. The summed E-state index contributed by atoms with van der Waals surface area (Å²) in [6, 6.07) is 17.3. The first-order valence-electron chi connectivity index (χ1n) is 7.23. The fraction of sp³-hybridized carbons (Fsp3) is 0.333. The molecule has 2 rings (SSSR count). The van der Waals surface area contributed by atoms with Gasteiger partial charge in [-0.1, -0.05) is 60.5 Å². The van der Waals surface area contributed by atoms with Gasteiger partial charge in [-0.05, 0) is 49.6 Å². The second-order valence-corrected chi connectivity index (χ2v) is 5.63. The molecule has 2 aromatic rings. The van der Waals surface area contributed by atoms with Crippen LogP contribution in [0.15, 0.2) is 48.5 Å². The Morgan fingerprint density at radius 3 is 2.50 bits per heavy atom. The average molecular weight is 288 g/mol. The number of nitrogens with one attached hydrogen (secondary N) is 1. The highest BCUT2D eigenvalue weighted by molar-refractivity contribution is 6.30. The summed E-state index contributed by atoms with van der Waals surface area (Å²) in [5.74, 6) is 0. The maximum Gasteiger partial charge on any atom is 0.0406 e. The summed E-state index contributed by atoms with van der Waals surface area (Å²) in [6.45, 7) is 5.27. The first-order chi connectivity index (χ1) is 9.69. The second-order valence-electron chi connectivity index (χ2n) is 5.19. The van der Waals surface area contributed by atoms with Crippen molar-refractivity contribution in [1.29, 1.82) is 0 Å². The van der Waals surface area contributed by atoms with E-state index in [9.17, 15) is 0 Å². The molecule has 0 saturated carbocycles. The van der Waals surface area contributed by atoms with Gasteiger partial charge in [0.2, 0.25) is 0 Å². The van der Waals surface area contributed by atoms with Gasteiger partial charge >= 0.3 is 0 Å². The van der Waals surface area contributed by atoms with Crippen LogP contribution in [-0.2, 0) is 6.42 Å². The number of benzene rings is 2. The molecule has 0 fully saturated rings. The molecule has 0 aromatic heterocycles. The highest BCUT2D eigenvalue weighted by atomic mass is 35.5. The molecule has 1 atom stereocenters. The van der Waals surface area contributed by atoms with Gasteiger partial charge < -0.3 is 5.32 Å². The minimum Gasteiger partial charge on any atom is -0.310 e. The number of hydrogen-bond donors (Lipinski definition) is 1. The zero-order valence-corrected chi connectivity index (χ0v) is 13.0. The smallest absolute Gasteiger partial charge is 0.0406 e. The van der Waals surface area contributed by atoms with Crippen molar-refractivity contribution in [2.45, 2.75) is 32.7 Å². The van der Waals surface area contributed by atoms with Crippen LogP contribution in [0.2, 0.25) is 5.02 Å². The number of aryl methyl sites for hydroxylation is 2. The van der Waals surface area contributed by atoms with E-state index in [0.29, 0.717) is 6.04 Å². The van der Waals surface area contributed by atoms with Crippen molar-refractivity contribution in [3.05, 3.63) is 70.2 Å². The van der Waals surface area contributed by atoms with Crippen LogP contribution in [0.4, 0.5) is 0 Å². The maximum absolute atomic E-state index is 5.96. The van der Waals surface area contributed by atoms with Gasteiger partial charge in [0.25, 0.3) is 0 Å². The lowest BCUT2D eigenvalue weighted by Crippen LogP contribution is -2.21. The van der Waals surface area contributed by atoms with E-state index in [1.165, 1.54) is 16.7 Å². The van der Waals surface area contributed by atoms with Crippen molar-refractivity contribution in [3.63, 3.8) is 0 Å². The molecule has 20 heavy (non-hydrogen) atoms. The molecule has 0 aliphatic heterocycles. The third kappa shape index (κ3) is 4.36. The van der Waals surface area contributed by atoms with Crippen LogP contribution in [-0.4, -0.2) is 6.54 Å². The summed E-state index contributed by atoms with van der Waals surface area (Å²) >= 11 is 5.96. The van der Waals surface area contributed by atoms with E-state index in [1.807, 2.05) is 12.1 Å². The largest absolute Gasteiger partial charge is 0.310 e. The fourth-order valence-corrected chi connectivity index (χ4v) is 2.63. The lowest BCUT2D eigenvalue weighted by atomic mass is 9.98. The Balaban J connectivity index is 2.04. The molecule has 0 aliphatic carbocycles. The third-order valence-electron chi connectivity index (χ3n) is 3.53. The van der Waals surface area contributed by atoms with Crippen molar-refractivity contribution >= 4 is 11.6 Å². The Kier molecular flexibility index (Phi) is 5.63. The molecule has 0 spiro atoms. The summed E-state index contributed by atoms with van der Waals surface area (Å²) in [7, 11) is 0. The normalized spacial score (nSPS) is 12.3. The zero-order valence-electron chi connectivity index (χ0n) is 12.2. The first kappa shape index (κ1) is 15.1. The van der Waals surface area contributed by atoms with Crippen molar-refractivity contribution in [2.75, 3.05) is 6.54 Å². The average Bonchev–Trinajstić information content (AvgIpc) is 2.44. The van der Waals surface area contributed by atoms with Crippen LogP contribution in [0.3, 0.4) is 0 Å². The van der Waals surface area contributed by atoms with Gasteiger partial charge in [-0.3, -0.25) is 0 Å². The number of hydrogen-bond acceptors (Lipinski definition) is 1. The number of rotatable bonds is 6. The van der Waals surface area contributed by atoms with Crippen LogP contribution in [0.1, 0.15) is 36.1 Å². The standard InChI is InChI=1S/C18H22ClN/c1-3-20-18(16-8-10-17(19)11-9-16)12-7-15-6-4-5-14(2)13-15/h4-6,8-11,13,18,20H,3,7,12H2,1-2H3. The van der Waals surface area contributed by atoms with E-state index in [1.54, 1.807) is 0 Å². The quantitative estimate of drug-likeness (QED) is 0.794. The molecule has 0 bridgehead atoms. The maximum atomic E-state index is 5.96. The van der Waals surface area contributed by atoms with Crippen LogP contribution in [0.5, 0.6) is 0 Å². The molecule has 0 heterocycles. The van der Waals surface area contributed by atoms with Gasteiger partial charge in [-0.2, -0.15) is 0 Å². The monoisotopic (exact) mass is 287 g/mol. The zero-order chi connectivity index (χ0) is 14.4. The van der Waals surface area contributed by atoms with Gasteiger partial charge in [0.05, 0.1) is 0 Å². The Morgan fingerprint density at radius 1 is 1.10 bits per heavy atom. The summed E-state index contributed by atoms with van der Waals surface area (Å²) < 4.78 is 0. The van der Waals surface area contributed by atoms with Gasteiger partial charge in [-0.25, -0.2) is 0 Å². The van der Waals surface area contributed by atoms with Crippen molar-refractivity contribution in [3.8, 4) is 0 Å². The molecule has 1 nitrogen and oxygen atoms in total. The third-order valence-corrected chi connectivity index (χ3v) is 3.78. The molecule has 106 valence electrons. The molecular weight excluding hydrogens is 266 g/mol. The van der Waals surface area contributed by atoms with Crippen molar-refractivity contribution < 1.29 is 0 Å². The summed E-state index contributed by atoms with van der Waals surface area (Å²) in [5, 5.41) is 4.35. The van der Waals surface area contributed by atoms with Gasteiger partial charge in [0, 0.05) is 11.1 Å². The van der Waals surface area contributed by atoms with Gasteiger partial charge in [-0.15, -0.1) is 0 Å². The molecule has 2 aromatic carbocycles. The molecular formula is C18H22ClN. The van der Waals surface area contributed by atoms with Crippen LogP contribution in [0, 0.1) is 6.92 Å². The van der Waals surface area contributed by atoms with Crippen LogP contribution in [0.25, 0.3) is 0 Å². The van der Waals surface area contributed by atoms with Crippen molar-refractivity contribution in [2.24, 2.45) is 0 Å². The molecule has 0 radical (unpaired) electrons.